The number of carbonyl (C=O) groups is 1. The lowest BCUT2D eigenvalue weighted by Crippen LogP contribution is -2.38. The molecule has 1 aromatic heterocycles. The van der Waals surface area contributed by atoms with Crippen LogP contribution in [0.25, 0.3) is 0 Å². The number of aromatic nitrogens is 1. The Hall–Kier alpha value is -2.95. The summed E-state index contributed by atoms with van der Waals surface area (Å²) in [5.41, 5.74) is 1.08. The van der Waals surface area contributed by atoms with Crippen molar-refractivity contribution in [3.8, 4) is 11.5 Å². The maximum absolute atomic E-state index is 13.5. The maximum atomic E-state index is 13.5. The number of hydrogen-bond acceptors (Lipinski definition) is 7. The molecule has 0 saturated heterocycles. The highest BCUT2D eigenvalue weighted by Crippen LogP contribution is 2.31. The molecule has 1 fully saturated rings. The summed E-state index contributed by atoms with van der Waals surface area (Å²) < 4.78 is 38.9. The van der Waals surface area contributed by atoms with Crippen molar-refractivity contribution in [3.63, 3.8) is 0 Å². The summed E-state index contributed by atoms with van der Waals surface area (Å²) in [4.78, 5) is 17.3. The lowest BCUT2D eigenvalue weighted by atomic mass is 10.2. The predicted molar refractivity (Wildman–Crippen MR) is 131 cm³/mol. The highest BCUT2D eigenvalue weighted by atomic mass is 32.2. The first-order valence-electron chi connectivity index (χ1n) is 11.0. The molecule has 0 spiro atoms. The van der Waals surface area contributed by atoms with E-state index in [4.69, 9.17) is 9.47 Å². The number of carbonyl (C=O) groups excluding carboxylic acids is 1. The van der Waals surface area contributed by atoms with Crippen LogP contribution in [-0.2, 0) is 16.6 Å². The van der Waals surface area contributed by atoms with Crippen LogP contribution in [0.4, 0.5) is 5.13 Å². The van der Waals surface area contributed by atoms with Crippen LogP contribution in [0.1, 0.15) is 41.7 Å². The molecule has 1 aliphatic rings. The Morgan fingerprint density at radius 1 is 1.03 bits per heavy atom. The van der Waals surface area contributed by atoms with Crippen LogP contribution in [0.15, 0.2) is 58.8 Å². The van der Waals surface area contributed by atoms with Gasteiger partial charge in [-0.05, 0) is 61.4 Å². The van der Waals surface area contributed by atoms with Gasteiger partial charge in [-0.3, -0.25) is 10.1 Å². The number of benzene rings is 2. The third kappa shape index (κ3) is 5.40. The van der Waals surface area contributed by atoms with Gasteiger partial charge >= 0.3 is 0 Å². The first-order valence-corrected chi connectivity index (χ1v) is 13.3. The van der Waals surface area contributed by atoms with E-state index in [1.165, 1.54) is 11.3 Å². The summed E-state index contributed by atoms with van der Waals surface area (Å²) in [5, 5.41) is 4.99. The zero-order chi connectivity index (χ0) is 24.1. The number of nitrogens with one attached hydrogen (secondary N) is 1. The van der Waals surface area contributed by atoms with Gasteiger partial charge in [-0.25, -0.2) is 13.4 Å². The van der Waals surface area contributed by atoms with E-state index in [1.54, 1.807) is 72.4 Å². The van der Waals surface area contributed by atoms with Crippen molar-refractivity contribution in [2.75, 3.05) is 19.5 Å². The van der Waals surface area contributed by atoms with Crippen molar-refractivity contribution in [1.82, 2.24) is 9.29 Å². The Balaban J connectivity index is 1.51. The van der Waals surface area contributed by atoms with Gasteiger partial charge in [-0.15, -0.1) is 11.3 Å². The first-order chi connectivity index (χ1) is 16.4. The number of thiazole rings is 1. The maximum Gasteiger partial charge on any atom is 0.257 e. The molecule has 3 aromatic rings. The van der Waals surface area contributed by atoms with Gasteiger partial charge in [0, 0.05) is 17.0 Å². The molecule has 2 aromatic carbocycles. The van der Waals surface area contributed by atoms with Crippen molar-refractivity contribution in [2.24, 2.45) is 0 Å². The highest BCUT2D eigenvalue weighted by molar-refractivity contribution is 7.89. The van der Waals surface area contributed by atoms with E-state index in [1.807, 2.05) is 0 Å². The molecule has 10 heteroatoms. The van der Waals surface area contributed by atoms with Crippen molar-refractivity contribution in [3.05, 3.63) is 65.2 Å². The average molecular weight is 502 g/mol. The highest BCUT2D eigenvalue weighted by Gasteiger charge is 2.34. The van der Waals surface area contributed by atoms with Crippen LogP contribution in [0.2, 0.25) is 0 Å². The minimum absolute atomic E-state index is 0.0776. The van der Waals surface area contributed by atoms with E-state index in [0.717, 1.165) is 25.7 Å². The minimum Gasteiger partial charge on any atom is -0.497 e. The Labute approximate surface area is 203 Å². The van der Waals surface area contributed by atoms with Gasteiger partial charge in [0.2, 0.25) is 10.0 Å². The number of amides is 1. The molecule has 1 amide bonds. The fourth-order valence-corrected chi connectivity index (χ4v) is 6.35. The van der Waals surface area contributed by atoms with Crippen molar-refractivity contribution < 1.29 is 22.7 Å². The number of rotatable bonds is 9. The fraction of sp³-hybridized carbons (Fsp3) is 0.333. The van der Waals surface area contributed by atoms with Gasteiger partial charge in [0.05, 0.1) is 31.4 Å². The van der Waals surface area contributed by atoms with Crippen LogP contribution in [0.5, 0.6) is 11.5 Å². The molecule has 0 radical (unpaired) electrons. The van der Waals surface area contributed by atoms with Crippen LogP contribution in [0, 0.1) is 0 Å². The largest absolute Gasteiger partial charge is 0.497 e. The molecule has 0 aliphatic heterocycles. The Morgan fingerprint density at radius 3 is 2.21 bits per heavy atom. The van der Waals surface area contributed by atoms with E-state index < -0.39 is 10.0 Å². The molecule has 0 atom stereocenters. The lowest BCUT2D eigenvalue weighted by Gasteiger charge is -2.27. The number of methoxy groups -OCH3 is 2. The molecule has 0 bridgehead atoms. The molecule has 1 aliphatic carbocycles. The standard InChI is InChI=1S/C24H27N3O5S2/c1-31-20-9-7-17(8-10-20)23(28)26-24-25-18(16-33-24)15-27(19-5-3-4-6-19)34(29,30)22-13-11-21(32-2)12-14-22/h7-14,16,19H,3-6,15H2,1-2H3,(H,25,26,28). The van der Waals surface area contributed by atoms with Gasteiger partial charge in [0.25, 0.3) is 5.91 Å². The fourth-order valence-electron chi connectivity index (χ4n) is 3.99. The van der Waals surface area contributed by atoms with Crippen LogP contribution < -0.4 is 14.8 Å². The molecule has 1 N–H and O–H groups in total. The summed E-state index contributed by atoms with van der Waals surface area (Å²) in [5.74, 6) is 0.975. The van der Waals surface area contributed by atoms with E-state index in [0.29, 0.717) is 27.9 Å². The molecular weight excluding hydrogens is 474 g/mol. The zero-order valence-corrected chi connectivity index (χ0v) is 20.7. The van der Waals surface area contributed by atoms with E-state index in [-0.39, 0.29) is 23.4 Å². The van der Waals surface area contributed by atoms with Gasteiger partial charge < -0.3 is 9.47 Å². The van der Waals surface area contributed by atoms with Gasteiger partial charge in [0.15, 0.2) is 5.13 Å². The molecule has 8 nitrogen and oxygen atoms in total. The van der Waals surface area contributed by atoms with Crippen LogP contribution in [-0.4, -0.2) is 43.9 Å². The summed E-state index contributed by atoms with van der Waals surface area (Å²) in [6.07, 6.45) is 3.64. The number of hydrogen-bond donors (Lipinski definition) is 1. The zero-order valence-electron chi connectivity index (χ0n) is 19.1. The molecular formula is C24H27N3O5S2. The second-order valence-electron chi connectivity index (χ2n) is 7.99. The molecule has 1 saturated carbocycles. The van der Waals surface area contributed by atoms with Crippen LogP contribution >= 0.6 is 11.3 Å². The Bertz CT molecular complexity index is 1220. The quantitative estimate of drug-likeness (QED) is 0.462. The second kappa shape index (κ2) is 10.5. The first kappa shape index (κ1) is 24.2. The number of sulfonamides is 1. The molecule has 0 unspecified atom stereocenters. The third-order valence-electron chi connectivity index (χ3n) is 5.84. The van der Waals surface area contributed by atoms with Gasteiger partial charge in [0.1, 0.15) is 11.5 Å². The number of ether oxygens (including phenoxy) is 2. The van der Waals surface area contributed by atoms with E-state index in [9.17, 15) is 13.2 Å². The lowest BCUT2D eigenvalue weighted by molar-refractivity contribution is 0.102. The second-order valence-corrected chi connectivity index (χ2v) is 10.7. The molecule has 4 rings (SSSR count). The monoisotopic (exact) mass is 501 g/mol. The normalized spacial score (nSPS) is 14.3. The van der Waals surface area contributed by atoms with E-state index in [2.05, 4.69) is 10.3 Å². The summed E-state index contributed by atoms with van der Waals surface area (Å²) in [6.45, 7) is 0.147. The Morgan fingerprint density at radius 2 is 1.62 bits per heavy atom. The topological polar surface area (TPSA) is 97.8 Å². The van der Waals surface area contributed by atoms with Gasteiger partial charge in [-0.2, -0.15) is 4.31 Å². The van der Waals surface area contributed by atoms with Crippen molar-refractivity contribution >= 4 is 32.4 Å². The molecule has 180 valence electrons. The molecule has 1 heterocycles. The number of anilines is 1. The summed E-state index contributed by atoms with van der Waals surface area (Å²) in [7, 11) is -0.619. The third-order valence-corrected chi connectivity index (χ3v) is 8.56. The van der Waals surface area contributed by atoms with Crippen molar-refractivity contribution in [1.29, 1.82) is 0 Å². The predicted octanol–water partition coefficient (Wildman–Crippen LogP) is 4.55. The van der Waals surface area contributed by atoms with Gasteiger partial charge in [-0.1, -0.05) is 12.8 Å². The smallest absolute Gasteiger partial charge is 0.257 e. The minimum atomic E-state index is -3.73. The molecule has 34 heavy (non-hydrogen) atoms. The van der Waals surface area contributed by atoms with Crippen LogP contribution in [0.3, 0.4) is 0 Å². The number of nitrogens with zero attached hydrogens (tertiary/aromatic N) is 2. The van der Waals surface area contributed by atoms with E-state index >= 15 is 0 Å². The summed E-state index contributed by atoms with van der Waals surface area (Å²) in [6, 6.07) is 13.1. The SMILES string of the molecule is COc1ccc(C(=O)Nc2nc(CN(C3CCCC3)S(=O)(=O)c3ccc(OC)cc3)cs2)cc1. The Kier molecular flexibility index (Phi) is 7.50. The summed E-state index contributed by atoms with van der Waals surface area (Å²) >= 11 is 1.27. The average Bonchev–Trinajstić information content (AvgIpc) is 3.55. The van der Waals surface area contributed by atoms with Crippen molar-refractivity contribution in [2.45, 2.75) is 43.2 Å².